The maximum Gasteiger partial charge on any atom is 0.336 e. The number of carboxylic acids is 1. The predicted octanol–water partition coefficient (Wildman–Crippen LogP) is 4.49. The van der Waals surface area contributed by atoms with Crippen LogP contribution in [0.15, 0.2) is 47.6 Å². The van der Waals surface area contributed by atoms with Crippen molar-refractivity contribution in [2.45, 2.75) is 0 Å². The maximum atomic E-state index is 11.3. The summed E-state index contributed by atoms with van der Waals surface area (Å²) in [5.74, 6) is -0.641. The number of hydrogen-bond donors (Lipinski definition) is 2. The van der Waals surface area contributed by atoms with E-state index in [0.717, 1.165) is 0 Å². The largest absolute Gasteiger partial charge is 0.478 e. The van der Waals surface area contributed by atoms with Crippen molar-refractivity contribution < 1.29 is 9.90 Å². The van der Waals surface area contributed by atoms with E-state index in [-0.39, 0.29) is 10.3 Å². The number of nitrogens with zero attached hydrogens (tertiary/aromatic N) is 3. The average molecular weight is 393 g/mol. The Morgan fingerprint density at radius 1 is 1.24 bits per heavy atom. The summed E-state index contributed by atoms with van der Waals surface area (Å²) in [6, 6.07) is 11.5. The molecule has 1 aromatic heterocycles. The van der Waals surface area contributed by atoms with Crippen molar-refractivity contribution in [1.29, 1.82) is 0 Å². The number of aromatic nitrogens is 3. The molecular formula is C16H10Cl2N4O2S. The minimum Gasteiger partial charge on any atom is -0.478 e. The van der Waals surface area contributed by atoms with Crippen LogP contribution in [0, 0.1) is 4.77 Å². The second kappa shape index (κ2) is 7.18. The lowest BCUT2D eigenvalue weighted by Gasteiger charge is -2.03. The van der Waals surface area contributed by atoms with E-state index in [0.29, 0.717) is 27.0 Å². The Morgan fingerprint density at radius 2 is 1.92 bits per heavy atom. The van der Waals surface area contributed by atoms with Gasteiger partial charge in [-0.15, -0.1) is 0 Å². The highest BCUT2D eigenvalue weighted by Gasteiger charge is 2.11. The zero-order valence-corrected chi connectivity index (χ0v) is 14.8. The number of nitrogens with one attached hydrogen (secondary N) is 1. The summed E-state index contributed by atoms with van der Waals surface area (Å²) in [5.41, 5.74) is 1.19. The van der Waals surface area contributed by atoms with Gasteiger partial charge in [-0.25, -0.2) is 9.89 Å². The van der Waals surface area contributed by atoms with Crippen molar-refractivity contribution in [2.24, 2.45) is 5.10 Å². The molecule has 0 radical (unpaired) electrons. The normalized spacial score (nSPS) is 11.1. The Hall–Kier alpha value is -2.48. The Bertz CT molecular complexity index is 1020. The van der Waals surface area contributed by atoms with E-state index in [1.165, 1.54) is 17.0 Å². The van der Waals surface area contributed by atoms with Gasteiger partial charge in [-0.2, -0.15) is 14.9 Å². The molecule has 0 atom stereocenters. The number of halogens is 2. The van der Waals surface area contributed by atoms with Crippen LogP contribution >= 0.6 is 35.4 Å². The molecule has 126 valence electrons. The van der Waals surface area contributed by atoms with Gasteiger partial charge in [0.2, 0.25) is 4.77 Å². The zero-order chi connectivity index (χ0) is 18.0. The molecule has 2 aromatic carbocycles. The number of carboxylic acid groups (broad SMARTS) is 1. The highest BCUT2D eigenvalue weighted by molar-refractivity contribution is 7.71. The maximum absolute atomic E-state index is 11.3. The predicted molar refractivity (Wildman–Crippen MR) is 99.3 cm³/mol. The zero-order valence-electron chi connectivity index (χ0n) is 12.5. The first kappa shape index (κ1) is 17.3. The first-order valence-electron chi connectivity index (χ1n) is 6.96. The van der Waals surface area contributed by atoms with Gasteiger partial charge in [0.25, 0.3) is 0 Å². The minimum atomic E-state index is -1.04. The summed E-state index contributed by atoms with van der Waals surface area (Å²) < 4.78 is 1.62. The van der Waals surface area contributed by atoms with E-state index >= 15 is 0 Å². The van der Waals surface area contributed by atoms with Crippen molar-refractivity contribution in [1.82, 2.24) is 14.9 Å². The molecule has 9 heteroatoms. The van der Waals surface area contributed by atoms with Crippen LogP contribution in [0.25, 0.3) is 11.4 Å². The fourth-order valence-electron chi connectivity index (χ4n) is 2.19. The molecule has 0 spiro atoms. The Balaban J connectivity index is 2.07. The smallest absolute Gasteiger partial charge is 0.336 e. The van der Waals surface area contributed by atoms with E-state index < -0.39 is 5.97 Å². The molecule has 25 heavy (non-hydrogen) atoms. The number of hydrogen-bond acceptors (Lipinski definition) is 4. The summed E-state index contributed by atoms with van der Waals surface area (Å²) in [4.78, 5) is 11.3. The lowest BCUT2D eigenvalue weighted by molar-refractivity contribution is 0.0697. The van der Waals surface area contributed by atoms with E-state index in [1.54, 1.807) is 36.4 Å². The fourth-order valence-corrected chi connectivity index (χ4v) is 2.90. The summed E-state index contributed by atoms with van der Waals surface area (Å²) in [5, 5.41) is 21.2. The third-order valence-electron chi connectivity index (χ3n) is 3.27. The first-order chi connectivity index (χ1) is 12.0. The van der Waals surface area contributed by atoms with Gasteiger partial charge in [0.15, 0.2) is 5.82 Å². The quantitative estimate of drug-likeness (QED) is 0.505. The summed E-state index contributed by atoms with van der Waals surface area (Å²) >= 11 is 17.2. The molecule has 0 saturated heterocycles. The molecule has 3 rings (SSSR count). The third kappa shape index (κ3) is 3.79. The molecular weight excluding hydrogens is 383 g/mol. The van der Waals surface area contributed by atoms with Crippen LogP contribution in [0.5, 0.6) is 0 Å². The monoisotopic (exact) mass is 392 g/mol. The number of H-pyrrole nitrogens is 1. The van der Waals surface area contributed by atoms with Gasteiger partial charge in [-0.1, -0.05) is 41.4 Å². The van der Waals surface area contributed by atoms with Crippen molar-refractivity contribution in [3.05, 3.63) is 68.4 Å². The van der Waals surface area contributed by atoms with Crippen LogP contribution < -0.4 is 0 Å². The van der Waals surface area contributed by atoms with Crippen LogP contribution in [0.3, 0.4) is 0 Å². The second-order valence-corrected chi connectivity index (χ2v) is 6.22. The molecule has 0 saturated carbocycles. The van der Waals surface area contributed by atoms with E-state index in [1.807, 2.05) is 0 Å². The summed E-state index contributed by atoms with van der Waals surface area (Å²) in [7, 11) is 0. The van der Waals surface area contributed by atoms with Crippen LogP contribution in [0.1, 0.15) is 15.9 Å². The van der Waals surface area contributed by atoms with Gasteiger partial charge < -0.3 is 5.11 Å². The molecule has 6 nitrogen and oxygen atoms in total. The van der Waals surface area contributed by atoms with Crippen LogP contribution in [0.2, 0.25) is 10.0 Å². The Morgan fingerprint density at radius 3 is 2.60 bits per heavy atom. The second-order valence-electron chi connectivity index (χ2n) is 4.96. The number of rotatable bonds is 4. The molecule has 0 aliphatic carbocycles. The number of carbonyl (C=O) groups is 1. The number of aromatic carboxylic acids is 1. The molecule has 0 fully saturated rings. The van der Waals surface area contributed by atoms with Gasteiger partial charge >= 0.3 is 5.97 Å². The van der Waals surface area contributed by atoms with Gasteiger partial charge in [0, 0.05) is 21.2 Å². The van der Waals surface area contributed by atoms with Crippen molar-refractivity contribution in [3.8, 4) is 11.4 Å². The van der Waals surface area contributed by atoms with Crippen molar-refractivity contribution >= 4 is 47.6 Å². The molecule has 0 bridgehead atoms. The van der Waals surface area contributed by atoms with E-state index in [2.05, 4.69) is 15.3 Å². The number of aromatic amines is 1. The average Bonchev–Trinajstić information content (AvgIpc) is 2.93. The minimum absolute atomic E-state index is 0.133. The Kier molecular flexibility index (Phi) is 4.98. The van der Waals surface area contributed by atoms with Gasteiger partial charge in [0.05, 0.1) is 11.8 Å². The van der Waals surface area contributed by atoms with E-state index in [9.17, 15) is 9.90 Å². The van der Waals surface area contributed by atoms with E-state index in [4.69, 9.17) is 35.4 Å². The molecule has 2 N–H and O–H groups in total. The fraction of sp³-hybridized carbons (Fsp3) is 0. The standard InChI is InChI=1S/C16H10Cl2N4O2S/c17-11-5-10(6-12(18)7-11)14-20-21-16(25)22(14)19-8-9-3-1-2-4-13(9)15(23)24/h1-8H,(H,21,25)(H,23,24)/b19-8+. The van der Waals surface area contributed by atoms with Crippen LogP contribution in [-0.4, -0.2) is 32.2 Å². The first-order valence-corrected chi connectivity index (χ1v) is 8.12. The molecule has 0 amide bonds. The highest BCUT2D eigenvalue weighted by atomic mass is 35.5. The summed E-state index contributed by atoms with van der Waals surface area (Å²) in [6.07, 6.45) is 1.41. The topological polar surface area (TPSA) is 83.3 Å². The molecule has 0 aliphatic rings. The molecule has 1 heterocycles. The van der Waals surface area contributed by atoms with Gasteiger partial charge in [-0.05, 0) is 36.5 Å². The lowest BCUT2D eigenvalue weighted by Crippen LogP contribution is -2.02. The molecule has 0 unspecified atom stereocenters. The lowest BCUT2D eigenvalue weighted by atomic mass is 10.1. The molecule has 0 aliphatic heterocycles. The van der Waals surface area contributed by atoms with Gasteiger partial charge in [-0.3, -0.25) is 0 Å². The summed E-state index contributed by atoms with van der Waals surface area (Å²) in [6.45, 7) is 0. The van der Waals surface area contributed by atoms with Crippen molar-refractivity contribution in [2.75, 3.05) is 0 Å². The molecule has 3 aromatic rings. The van der Waals surface area contributed by atoms with Gasteiger partial charge in [0.1, 0.15) is 0 Å². The van der Waals surface area contributed by atoms with Crippen LogP contribution in [-0.2, 0) is 0 Å². The van der Waals surface area contributed by atoms with Crippen LogP contribution in [0.4, 0.5) is 0 Å². The highest BCUT2D eigenvalue weighted by Crippen LogP contribution is 2.26. The van der Waals surface area contributed by atoms with Crippen molar-refractivity contribution in [3.63, 3.8) is 0 Å². The number of benzene rings is 2. The SMILES string of the molecule is O=C(O)c1ccccc1/C=N/n1c(-c2cc(Cl)cc(Cl)c2)n[nH]c1=S. The Labute approximate surface area is 157 Å². The third-order valence-corrected chi connectivity index (χ3v) is 3.98.